The molecule has 27 heavy (non-hydrogen) atoms. The number of thioether (sulfide) groups is 1. The highest BCUT2D eigenvalue weighted by Gasteiger charge is 2.28. The van der Waals surface area contributed by atoms with E-state index in [9.17, 15) is 4.79 Å². The van der Waals surface area contributed by atoms with E-state index >= 15 is 0 Å². The van der Waals surface area contributed by atoms with Crippen LogP contribution in [0.5, 0.6) is 0 Å². The van der Waals surface area contributed by atoms with Crippen LogP contribution < -0.4 is 5.32 Å². The summed E-state index contributed by atoms with van der Waals surface area (Å²) in [4.78, 5) is 19.3. The molecule has 1 aliphatic rings. The summed E-state index contributed by atoms with van der Waals surface area (Å²) in [6.45, 7) is 1.88. The van der Waals surface area contributed by atoms with Crippen LogP contribution in [0.25, 0.3) is 0 Å². The van der Waals surface area contributed by atoms with Crippen molar-refractivity contribution in [1.29, 1.82) is 0 Å². The molecule has 1 aromatic heterocycles. The monoisotopic (exact) mass is 396 g/mol. The minimum absolute atomic E-state index is 0.0566. The van der Waals surface area contributed by atoms with Gasteiger partial charge in [-0.05, 0) is 44.0 Å². The van der Waals surface area contributed by atoms with Gasteiger partial charge in [0.25, 0.3) is 0 Å². The van der Waals surface area contributed by atoms with Crippen LogP contribution >= 0.6 is 23.5 Å². The lowest BCUT2D eigenvalue weighted by atomic mass is 10.3. The number of aromatic amines is 1. The van der Waals surface area contributed by atoms with Gasteiger partial charge in [0.1, 0.15) is 5.82 Å². The maximum absolute atomic E-state index is 12.7. The fraction of sp³-hybridized carbons (Fsp3) is 0.250. The molecule has 7 heteroatoms. The molecule has 0 spiro atoms. The Morgan fingerprint density at radius 2 is 1.89 bits per heavy atom. The van der Waals surface area contributed by atoms with Gasteiger partial charge in [-0.1, -0.05) is 53.9 Å². The van der Waals surface area contributed by atoms with Gasteiger partial charge in [0, 0.05) is 15.7 Å². The molecular formula is C20H20N4OS2. The highest BCUT2D eigenvalue weighted by molar-refractivity contribution is 8.00. The standard InChI is InChI=1S/C20H20N4OS2/c1-13(26-20-22-18(23-24-20)14-11-12-14)19(25)21-16-9-5-6-10-17(16)27-15-7-3-2-4-8-15/h2-10,13-14H,11-12H2,1H3,(H,21,25)(H,22,23,24). The normalized spacial score (nSPS) is 14.7. The van der Waals surface area contributed by atoms with E-state index < -0.39 is 0 Å². The number of aromatic nitrogens is 3. The minimum Gasteiger partial charge on any atom is -0.324 e. The van der Waals surface area contributed by atoms with Gasteiger partial charge in [-0.15, -0.1) is 5.10 Å². The Balaban J connectivity index is 1.41. The Kier molecular flexibility index (Phi) is 5.50. The number of benzene rings is 2. The van der Waals surface area contributed by atoms with E-state index in [0.29, 0.717) is 11.1 Å². The molecule has 1 amide bonds. The summed E-state index contributed by atoms with van der Waals surface area (Å²) in [6, 6.07) is 18.0. The predicted molar refractivity (Wildman–Crippen MR) is 109 cm³/mol. The fourth-order valence-corrected chi connectivity index (χ4v) is 4.22. The lowest BCUT2D eigenvalue weighted by Crippen LogP contribution is -2.22. The van der Waals surface area contributed by atoms with Crippen molar-refractivity contribution in [1.82, 2.24) is 15.2 Å². The first-order valence-corrected chi connectivity index (χ1v) is 10.6. The van der Waals surface area contributed by atoms with Crippen LogP contribution in [-0.2, 0) is 4.79 Å². The van der Waals surface area contributed by atoms with Crippen molar-refractivity contribution in [2.75, 3.05) is 5.32 Å². The van der Waals surface area contributed by atoms with Crippen molar-refractivity contribution < 1.29 is 4.79 Å². The maximum atomic E-state index is 12.7. The van der Waals surface area contributed by atoms with Gasteiger partial charge < -0.3 is 5.32 Å². The summed E-state index contributed by atoms with van der Waals surface area (Å²) >= 11 is 3.01. The Hall–Kier alpha value is -2.25. The molecule has 1 atom stereocenters. The summed E-state index contributed by atoms with van der Waals surface area (Å²) in [6.07, 6.45) is 2.34. The van der Waals surface area contributed by atoms with Crippen LogP contribution in [-0.4, -0.2) is 26.3 Å². The van der Waals surface area contributed by atoms with E-state index in [1.807, 2.05) is 49.4 Å². The molecule has 5 nitrogen and oxygen atoms in total. The minimum atomic E-state index is -0.289. The van der Waals surface area contributed by atoms with Gasteiger partial charge in [0.15, 0.2) is 0 Å². The van der Waals surface area contributed by atoms with Gasteiger partial charge in [-0.25, -0.2) is 4.98 Å². The Morgan fingerprint density at radius 1 is 1.15 bits per heavy atom. The lowest BCUT2D eigenvalue weighted by molar-refractivity contribution is -0.115. The third-order valence-electron chi connectivity index (χ3n) is 4.21. The summed E-state index contributed by atoms with van der Waals surface area (Å²) in [5, 5.41) is 10.6. The topological polar surface area (TPSA) is 70.7 Å². The van der Waals surface area contributed by atoms with E-state index in [4.69, 9.17) is 0 Å². The molecule has 0 aliphatic heterocycles. The second-order valence-corrected chi connectivity index (χ2v) is 8.86. The van der Waals surface area contributed by atoms with Crippen LogP contribution in [0.2, 0.25) is 0 Å². The quantitative estimate of drug-likeness (QED) is 0.553. The van der Waals surface area contributed by atoms with Crippen LogP contribution in [0.3, 0.4) is 0 Å². The summed E-state index contributed by atoms with van der Waals surface area (Å²) < 4.78 is 0. The number of hydrogen-bond donors (Lipinski definition) is 2. The lowest BCUT2D eigenvalue weighted by Gasteiger charge is -2.13. The second-order valence-electron chi connectivity index (χ2n) is 6.44. The highest BCUT2D eigenvalue weighted by atomic mass is 32.2. The third-order valence-corrected chi connectivity index (χ3v) is 6.26. The van der Waals surface area contributed by atoms with E-state index in [-0.39, 0.29) is 11.2 Å². The van der Waals surface area contributed by atoms with Gasteiger partial charge in [-0.3, -0.25) is 9.89 Å². The highest BCUT2D eigenvalue weighted by Crippen LogP contribution is 2.38. The Bertz CT molecular complexity index is 924. The molecule has 138 valence electrons. The van der Waals surface area contributed by atoms with E-state index in [2.05, 4.69) is 32.6 Å². The van der Waals surface area contributed by atoms with Gasteiger partial charge in [0.05, 0.1) is 10.9 Å². The average Bonchev–Trinajstić information content (AvgIpc) is 3.43. The number of nitrogens with one attached hydrogen (secondary N) is 2. The van der Waals surface area contributed by atoms with Crippen molar-refractivity contribution in [3.63, 3.8) is 0 Å². The number of H-pyrrole nitrogens is 1. The summed E-state index contributed by atoms with van der Waals surface area (Å²) in [5.74, 6) is 1.41. The van der Waals surface area contributed by atoms with Crippen molar-refractivity contribution in [2.45, 2.75) is 45.9 Å². The van der Waals surface area contributed by atoms with E-state index in [1.165, 1.54) is 24.6 Å². The third kappa shape index (κ3) is 4.73. The first-order valence-electron chi connectivity index (χ1n) is 8.91. The second kappa shape index (κ2) is 8.19. The zero-order valence-electron chi connectivity index (χ0n) is 14.9. The van der Waals surface area contributed by atoms with Crippen LogP contribution in [0.1, 0.15) is 31.5 Å². The number of carbonyl (C=O) groups excluding carboxylic acids is 1. The van der Waals surface area contributed by atoms with Crippen LogP contribution in [0.15, 0.2) is 69.5 Å². The maximum Gasteiger partial charge on any atom is 0.237 e. The summed E-state index contributed by atoms with van der Waals surface area (Å²) in [5.41, 5.74) is 0.817. The largest absolute Gasteiger partial charge is 0.324 e. The number of para-hydroxylation sites is 1. The van der Waals surface area contributed by atoms with Crippen molar-refractivity contribution in [3.8, 4) is 0 Å². The molecule has 4 rings (SSSR count). The summed E-state index contributed by atoms with van der Waals surface area (Å²) in [7, 11) is 0. The zero-order chi connectivity index (χ0) is 18.6. The molecular weight excluding hydrogens is 376 g/mol. The number of nitrogens with zero attached hydrogens (tertiary/aromatic N) is 2. The smallest absolute Gasteiger partial charge is 0.237 e. The molecule has 1 aliphatic carbocycles. The SMILES string of the molecule is CC(Sc1n[nH]c(C2CC2)n1)C(=O)Nc1ccccc1Sc1ccccc1. The van der Waals surface area contributed by atoms with Gasteiger partial charge in [0.2, 0.25) is 11.1 Å². The first-order chi connectivity index (χ1) is 13.2. The van der Waals surface area contributed by atoms with E-state index in [1.54, 1.807) is 11.8 Å². The van der Waals surface area contributed by atoms with Gasteiger partial charge in [-0.2, -0.15) is 0 Å². The molecule has 0 bridgehead atoms. The molecule has 0 radical (unpaired) electrons. The van der Waals surface area contributed by atoms with Crippen molar-refractivity contribution in [2.24, 2.45) is 0 Å². The molecule has 0 saturated heterocycles. The van der Waals surface area contributed by atoms with Crippen molar-refractivity contribution in [3.05, 3.63) is 60.4 Å². The van der Waals surface area contributed by atoms with E-state index in [0.717, 1.165) is 21.3 Å². The Morgan fingerprint density at radius 3 is 2.67 bits per heavy atom. The zero-order valence-corrected chi connectivity index (χ0v) is 16.5. The number of hydrogen-bond acceptors (Lipinski definition) is 5. The molecule has 1 unspecified atom stereocenters. The number of anilines is 1. The number of rotatable bonds is 7. The average molecular weight is 397 g/mol. The number of carbonyl (C=O) groups is 1. The van der Waals surface area contributed by atoms with Crippen LogP contribution in [0.4, 0.5) is 5.69 Å². The molecule has 3 aromatic rings. The fourth-order valence-electron chi connectivity index (χ4n) is 2.57. The predicted octanol–water partition coefficient (Wildman–Crippen LogP) is 4.95. The van der Waals surface area contributed by atoms with Crippen molar-refractivity contribution >= 4 is 35.1 Å². The van der Waals surface area contributed by atoms with Gasteiger partial charge >= 0.3 is 0 Å². The molecule has 1 fully saturated rings. The van der Waals surface area contributed by atoms with Crippen LogP contribution in [0, 0.1) is 0 Å². The molecule has 2 N–H and O–H groups in total. The molecule has 2 aromatic carbocycles. The number of amides is 1. The Labute approximate surface area is 166 Å². The first kappa shape index (κ1) is 18.1. The molecule has 1 saturated carbocycles. The molecule has 1 heterocycles.